The molecule has 0 aliphatic heterocycles. The van der Waals surface area contributed by atoms with E-state index in [4.69, 9.17) is 0 Å². The van der Waals surface area contributed by atoms with Crippen molar-refractivity contribution in [3.05, 3.63) is 71.0 Å². The number of fused-ring (bicyclic) bond motifs is 2. The molecule has 0 unspecified atom stereocenters. The summed E-state index contributed by atoms with van der Waals surface area (Å²) in [5.41, 5.74) is 2.97. The summed E-state index contributed by atoms with van der Waals surface area (Å²) in [4.78, 5) is 32.4. The van der Waals surface area contributed by atoms with Crippen LogP contribution in [0.25, 0.3) is 38.9 Å². The third-order valence-corrected chi connectivity index (χ3v) is 4.61. The van der Waals surface area contributed by atoms with Crippen molar-refractivity contribution in [2.24, 2.45) is 0 Å². The number of carboxylic acid groups (broad SMARTS) is 1. The molecule has 136 valence electrons. The molecule has 0 aliphatic rings. The highest BCUT2D eigenvalue weighted by molar-refractivity contribution is 6.02. The van der Waals surface area contributed by atoms with Crippen molar-refractivity contribution < 1.29 is 9.90 Å². The first kappa shape index (κ1) is 15.9. The zero-order chi connectivity index (χ0) is 19.3. The smallest absolute Gasteiger partial charge is 0.343 e. The average Bonchev–Trinajstić information content (AvgIpc) is 3.33. The maximum atomic E-state index is 12.7. The van der Waals surface area contributed by atoms with Crippen LogP contribution < -0.4 is 5.56 Å². The van der Waals surface area contributed by atoms with E-state index in [1.165, 1.54) is 0 Å². The summed E-state index contributed by atoms with van der Waals surface area (Å²) in [7, 11) is 0. The molecule has 9 nitrogen and oxygen atoms in total. The Morgan fingerprint density at radius 3 is 2.71 bits per heavy atom. The number of H-pyrrole nitrogens is 2. The van der Waals surface area contributed by atoms with Gasteiger partial charge in [0.15, 0.2) is 5.65 Å². The molecule has 5 aromatic rings. The Kier molecular flexibility index (Phi) is 3.35. The number of hydrogen-bond acceptors (Lipinski definition) is 5. The van der Waals surface area contributed by atoms with Crippen molar-refractivity contribution in [3.8, 4) is 22.4 Å². The lowest BCUT2D eigenvalue weighted by Crippen LogP contribution is -2.22. The maximum Gasteiger partial charge on any atom is 0.343 e. The number of aromatic nitrogens is 6. The fourth-order valence-corrected chi connectivity index (χ4v) is 3.33. The molecule has 0 aliphatic carbocycles. The Hall–Kier alpha value is -4.27. The number of nitrogens with zero attached hydrogens (tertiary/aromatic N) is 4. The summed E-state index contributed by atoms with van der Waals surface area (Å²) in [5.74, 6) is -1.33. The molecular formula is C19H12N6O3. The van der Waals surface area contributed by atoms with E-state index in [9.17, 15) is 14.7 Å². The SMILES string of the molecule is O=C(O)c1cnc2c(-c3cccc4[nH]ncc34)c(-c3ccncc3)[nH]n2c1=O. The van der Waals surface area contributed by atoms with Gasteiger partial charge in [-0.1, -0.05) is 12.1 Å². The number of nitrogens with one attached hydrogen (secondary N) is 2. The normalized spacial score (nSPS) is 11.3. The van der Waals surface area contributed by atoms with Gasteiger partial charge in [-0.2, -0.15) is 9.61 Å². The molecule has 9 heteroatoms. The van der Waals surface area contributed by atoms with Crippen LogP contribution in [0.5, 0.6) is 0 Å². The maximum absolute atomic E-state index is 12.7. The van der Waals surface area contributed by atoms with Gasteiger partial charge in [0.2, 0.25) is 0 Å². The van der Waals surface area contributed by atoms with Crippen molar-refractivity contribution in [1.29, 1.82) is 0 Å². The van der Waals surface area contributed by atoms with Crippen LogP contribution in [0.15, 0.2) is 59.9 Å². The lowest BCUT2D eigenvalue weighted by atomic mass is 9.99. The van der Waals surface area contributed by atoms with Crippen molar-refractivity contribution in [1.82, 2.24) is 29.8 Å². The monoisotopic (exact) mass is 372 g/mol. The zero-order valence-corrected chi connectivity index (χ0v) is 14.2. The number of pyridine rings is 1. The highest BCUT2D eigenvalue weighted by atomic mass is 16.4. The summed E-state index contributed by atoms with van der Waals surface area (Å²) in [6.07, 6.45) is 6.07. The number of carboxylic acids is 1. The third-order valence-electron chi connectivity index (χ3n) is 4.61. The van der Waals surface area contributed by atoms with Crippen LogP contribution in [-0.2, 0) is 0 Å². The minimum atomic E-state index is -1.33. The Balaban J connectivity index is 1.94. The van der Waals surface area contributed by atoms with E-state index in [1.54, 1.807) is 30.7 Å². The Labute approximate surface area is 156 Å². The van der Waals surface area contributed by atoms with E-state index in [-0.39, 0.29) is 0 Å². The van der Waals surface area contributed by atoms with Crippen LogP contribution in [-0.4, -0.2) is 40.9 Å². The van der Waals surface area contributed by atoms with Crippen molar-refractivity contribution in [2.75, 3.05) is 0 Å². The first-order valence-corrected chi connectivity index (χ1v) is 8.35. The van der Waals surface area contributed by atoms with Gasteiger partial charge < -0.3 is 5.11 Å². The highest BCUT2D eigenvalue weighted by Gasteiger charge is 2.22. The van der Waals surface area contributed by atoms with Gasteiger partial charge in [0.1, 0.15) is 5.56 Å². The van der Waals surface area contributed by atoms with E-state index in [1.807, 2.05) is 18.2 Å². The molecule has 1 aromatic carbocycles. The third kappa shape index (κ3) is 2.23. The summed E-state index contributed by atoms with van der Waals surface area (Å²) >= 11 is 0. The molecular weight excluding hydrogens is 360 g/mol. The second-order valence-electron chi connectivity index (χ2n) is 6.18. The van der Waals surface area contributed by atoms with Gasteiger partial charge in [-0.25, -0.2) is 9.78 Å². The van der Waals surface area contributed by atoms with Gasteiger partial charge in [0, 0.05) is 29.5 Å². The molecule has 4 heterocycles. The van der Waals surface area contributed by atoms with Crippen molar-refractivity contribution >= 4 is 22.5 Å². The second kappa shape index (κ2) is 5.88. The van der Waals surface area contributed by atoms with Crippen molar-refractivity contribution in [3.63, 3.8) is 0 Å². The van der Waals surface area contributed by atoms with E-state index >= 15 is 0 Å². The molecule has 0 spiro atoms. The van der Waals surface area contributed by atoms with E-state index < -0.39 is 17.1 Å². The molecule has 0 fully saturated rings. The summed E-state index contributed by atoms with van der Waals surface area (Å²) in [6, 6.07) is 9.27. The fourth-order valence-electron chi connectivity index (χ4n) is 3.33. The molecule has 5 rings (SSSR count). The Morgan fingerprint density at radius 2 is 1.93 bits per heavy atom. The molecule has 3 N–H and O–H groups in total. The summed E-state index contributed by atoms with van der Waals surface area (Å²) < 4.78 is 1.16. The number of carbonyl (C=O) groups is 1. The molecule has 0 amide bonds. The first-order chi connectivity index (χ1) is 13.6. The quantitative estimate of drug-likeness (QED) is 0.446. The number of benzene rings is 1. The van der Waals surface area contributed by atoms with Crippen LogP contribution in [0, 0.1) is 0 Å². The topological polar surface area (TPSA) is 129 Å². The van der Waals surface area contributed by atoms with Gasteiger partial charge in [-0.3, -0.25) is 20.0 Å². The zero-order valence-electron chi connectivity index (χ0n) is 14.2. The van der Waals surface area contributed by atoms with Crippen LogP contribution in [0.1, 0.15) is 10.4 Å². The second-order valence-corrected chi connectivity index (χ2v) is 6.18. The van der Waals surface area contributed by atoms with Crippen molar-refractivity contribution in [2.45, 2.75) is 0 Å². The largest absolute Gasteiger partial charge is 0.477 e. The van der Waals surface area contributed by atoms with E-state index in [0.29, 0.717) is 16.9 Å². The number of rotatable bonds is 3. The molecule has 0 radical (unpaired) electrons. The molecule has 0 saturated carbocycles. The number of aromatic carboxylic acids is 1. The van der Waals surface area contributed by atoms with E-state index in [2.05, 4.69) is 25.3 Å². The van der Waals surface area contributed by atoms with Gasteiger partial charge >= 0.3 is 5.97 Å². The lowest BCUT2D eigenvalue weighted by molar-refractivity contribution is 0.0694. The van der Waals surface area contributed by atoms with Crippen LogP contribution in [0.4, 0.5) is 0 Å². The standard InChI is InChI=1S/C19H12N6O3/c26-18-13(19(27)28)8-21-17-15(11-2-1-3-14-12(11)9-22-23-14)16(24-25(17)18)10-4-6-20-7-5-10/h1-9,24H,(H,22,23)(H,27,28). The van der Waals surface area contributed by atoms with Gasteiger partial charge in [0.25, 0.3) is 5.56 Å². The van der Waals surface area contributed by atoms with Crippen LogP contribution in [0.3, 0.4) is 0 Å². The highest BCUT2D eigenvalue weighted by Crippen LogP contribution is 2.37. The number of hydrogen-bond donors (Lipinski definition) is 3. The van der Waals surface area contributed by atoms with E-state index in [0.717, 1.165) is 32.7 Å². The summed E-state index contributed by atoms with van der Waals surface area (Å²) in [6.45, 7) is 0. The average molecular weight is 372 g/mol. The van der Waals surface area contributed by atoms with Crippen LogP contribution in [0.2, 0.25) is 0 Å². The van der Waals surface area contributed by atoms with Gasteiger partial charge in [0.05, 0.1) is 23.0 Å². The van der Waals surface area contributed by atoms with Crippen LogP contribution >= 0.6 is 0 Å². The predicted octanol–water partition coefficient (Wildman–Crippen LogP) is 2.33. The molecule has 4 aromatic heterocycles. The Morgan fingerprint density at radius 1 is 1.11 bits per heavy atom. The van der Waals surface area contributed by atoms with Gasteiger partial charge in [-0.05, 0) is 23.8 Å². The minimum absolute atomic E-state index is 0.329. The minimum Gasteiger partial charge on any atom is -0.477 e. The predicted molar refractivity (Wildman–Crippen MR) is 101 cm³/mol. The molecule has 0 bridgehead atoms. The molecule has 28 heavy (non-hydrogen) atoms. The lowest BCUT2D eigenvalue weighted by Gasteiger charge is -2.05. The summed E-state index contributed by atoms with van der Waals surface area (Å²) in [5, 5.41) is 20.2. The van der Waals surface area contributed by atoms with Gasteiger partial charge in [-0.15, -0.1) is 0 Å². The molecule has 0 atom stereocenters. The number of aromatic amines is 2. The first-order valence-electron chi connectivity index (χ1n) is 8.35. The Bertz CT molecular complexity index is 1410. The fraction of sp³-hybridized carbons (Fsp3) is 0. The molecule has 0 saturated heterocycles.